The van der Waals surface area contributed by atoms with Gasteiger partial charge in [0.1, 0.15) is 28.8 Å². The Morgan fingerprint density at radius 1 is 1.03 bits per heavy atom. The Bertz CT molecular complexity index is 2600. The highest BCUT2D eigenvalue weighted by molar-refractivity contribution is 7.11. The maximum Gasteiger partial charge on any atom is 0.410 e. The lowest BCUT2D eigenvalue weighted by Gasteiger charge is -2.29. The Kier molecular flexibility index (Phi) is 13.3. The van der Waals surface area contributed by atoms with Crippen LogP contribution in [0.25, 0.3) is 44.7 Å². The number of nitrogens with one attached hydrogen (secondary N) is 2. The van der Waals surface area contributed by atoms with E-state index in [0.29, 0.717) is 66.0 Å². The number of nitrogens with zero attached hydrogens (tertiary/aromatic N) is 6. The maximum absolute atomic E-state index is 16.6. The monoisotopic (exact) mass is 881 g/mol. The predicted molar refractivity (Wildman–Crippen MR) is 239 cm³/mol. The van der Waals surface area contributed by atoms with E-state index < -0.39 is 23.7 Å². The number of carbonyl (C=O) groups excluding carboxylic acids is 3. The number of carbonyl (C=O) groups is 3. The minimum atomic E-state index is -0.745. The SMILES string of the molecule is CCCN(Cc1ncc(-c2cc(F)c3c(c2)OC(c2cnc(CC)s2)n2c-3cc3cc(-c4cnc(C5CCCN5C(=O)OC(C)(C)C)[nH]4)ccc32)[nH]1)C(=O)CC(C)C.COC(N)=O. The first-order valence-electron chi connectivity index (χ1n) is 21.4. The molecule has 3 amide bonds. The van der Waals surface area contributed by atoms with Gasteiger partial charge in [-0.1, -0.05) is 33.8 Å². The molecule has 4 aromatic heterocycles. The molecule has 2 unspecified atom stereocenters. The van der Waals surface area contributed by atoms with E-state index in [2.05, 4.69) is 54.9 Å². The summed E-state index contributed by atoms with van der Waals surface area (Å²) in [6, 6.07) is 11.3. The number of aromatic nitrogens is 6. The molecule has 1 fully saturated rings. The summed E-state index contributed by atoms with van der Waals surface area (Å²) >= 11 is 1.58. The van der Waals surface area contributed by atoms with Gasteiger partial charge in [-0.25, -0.2) is 28.9 Å². The second kappa shape index (κ2) is 18.6. The topological polar surface area (TPSA) is 187 Å². The summed E-state index contributed by atoms with van der Waals surface area (Å²) < 4.78 is 35.0. The molecule has 2 atom stereocenters. The van der Waals surface area contributed by atoms with Gasteiger partial charge in [-0.2, -0.15) is 0 Å². The van der Waals surface area contributed by atoms with E-state index in [4.69, 9.17) is 14.5 Å². The Hall–Kier alpha value is -6.23. The molecule has 2 aliphatic heterocycles. The third kappa shape index (κ3) is 9.88. The first kappa shape index (κ1) is 44.8. The summed E-state index contributed by atoms with van der Waals surface area (Å²) in [4.78, 5) is 60.6. The van der Waals surface area contributed by atoms with E-state index in [-0.39, 0.29) is 24.0 Å². The van der Waals surface area contributed by atoms with Crippen molar-refractivity contribution < 1.29 is 33.0 Å². The minimum absolute atomic E-state index is 0.0934. The van der Waals surface area contributed by atoms with Crippen LogP contribution in [0.5, 0.6) is 5.75 Å². The fourth-order valence-corrected chi connectivity index (χ4v) is 8.82. The number of nitrogens with two attached hydrogens (primary N) is 1. The van der Waals surface area contributed by atoms with Gasteiger partial charge >= 0.3 is 12.2 Å². The zero-order valence-corrected chi connectivity index (χ0v) is 37.9. The van der Waals surface area contributed by atoms with Gasteiger partial charge < -0.3 is 34.8 Å². The van der Waals surface area contributed by atoms with Crippen molar-refractivity contribution in [3.8, 4) is 39.5 Å². The number of methoxy groups -OCH3 is 1. The van der Waals surface area contributed by atoms with E-state index in [1.807, 2.05) is 70.0 Å². The number of fused-ring (bicyclic) bond motifs is 5. The van der Waals surface area contributed by atoms with E-state index in [1.165, 1.54) is 13.2 Å². The van der Waals surface area contributed by atoms with Crippen LogP contribution in [0.4, 0.5) is 14.0 Å². The van der Waals surface area contributed by atoms with Gasteiger partial charge in [-0.05, 0) is 82.7 Å². The summed E-state index contributed by atoms with van der Waals surface area (Å²) in [7, 11) is 1.22. The molecule has 4 N–H and O–H groups in total. The van der Waals surface area contributed by atoms with Crippen molar-refractivity contribution in [1.29, 1.82) is 0 Å². The molecular formula is C46H56FN9O6S. The molecule has 2 aliphatic rings. The number of ether oxygens (including phenoxy) is 3. The van der Waals surface area contributed by atoms with Crippen LogP contribution < -0.4 is 10.5 Å². The highest BCUT2D eigenvalue weighted by Gasteiger charge is 2.36. The molecule has 0 saturated carbocycles. The molecule has 15 nitrogen and oxygen atoms in total. The third-order valence-electron chi connectivity index (χ3n) is 10.8. The molecule has 0 bridgehead atoms. The minimum Gasteiger partial charge on any atom is -0.464 e. The zero-order valence-electron chi connectivity index (χ0n) is 37.1. The molecule has 6 heterocycles. The largest absolute Gasteiger partial charge is 0.464 e. The molecular weight excluding hydrogens is 826 g/mol. The van der Waals surface area contributed by atoms with Crippen LogP contribution in [0.3, 0.4) is 0 Å². The Morgan fingerprint density at radius 2 is 1.78 bits per heavy atom. The number of likely N-dealkylation sites (tertiary alicyclic amines) is 1. The van der Waals surface area contributed by atoms with Gasteiger partial charge in [0.25, 0.3) is 0 Å². The number of aryl methyl sites for hydroxylation is 1. The summed E-state index contributed by atoms with van der Waals surface area (Å²) in [5.41, 5.74) is 8.76. The number of hydrogen-bond acceptors (Lipinski definition) is 10. The van der Waals surface area contributed by atoms with E-state index >= 15 is 4.39 Å². The highest BCUT2D eigenvalue weighted by Crippen LogP contribution is 2.48. The maximum atomic E-state index is 16.6. The predicted octanol–water partition coefficient (Wildman–Crippen LogP) is 9.75. The lowest BCUT2D eigenvalue weighted by atomic mass is 10.0. The summed E-state index contributed by atoms with van der Waals surface area (Å²) in [5.74, 6) is 1.70. The number of H-pyrrole nitrogens is 2. The summed E-state index contributed by atoms with van der Waals surface area (Å²) in [6.07, 6.45) is 7.44. The van der Waals surface area contributed by atoms with Crippen molar-refractivity contribution in [1.82, 2.24) is 39.3 Å². The number of imidazole rings is 2. The van der Waals surface area contributed by atoms with Gasteiger partial charge in [0, 0.05) is 42.2 Å². The number of benzene rings is 2. The van der Waals surface area contributed by atoms with Gasteiger partial charge in [-0.15, -0.1) is 11.3 Å². The van der Waals surface area contributed by atoms with Gasteiger partial charge in [-0.3, -0.25) is 14.3 Å². The van der Waals surface area contributed by atoms with Crippen molar-refractivity contribution >= 4 is 40.3 Å². The van der Waals surface area contributed by atoms with Crippen molar-refractivity contribution in [3.63, 3.8) is 0 Å². The standard InChI is InChI=1S/C44H51FN8O4S.C2H5NO2/c1-8-14-51(39(54)16-25(3)4)24-37-46-21-31(49-37)27-18-29(45)40-34-19-28-17-26(30-22-48-41(50-30)33-11-10-15-52(33)43(55)57-44(5,6)7)12-13-32(28)53(34)42(56-35(40)20-27)36-23-47-38(9-2)58-36;1-5-2(3)4/h12-13,17-23,25,33,42H,8-11,14-16,24H2,1-7H3,(H,46,49)(H,48,50);1H3,(H2,3,4). The third-order valence-corrected chi connectivity index (χ3v) is 11.9. The average Bonchev–Trinajstić information content (AvgIpc) is 4.08. The van der Waals surface area contributed by atoms with Gasteiger partial charge in [0.2, 0.25) is 12.1 Å². The first-order valence-corrected chi connectivity index (χ1v) is 22.2. The van der Waals surface area contributed by atoms with Crippen LogP contribution in [0.2, 0.25) is 0 Å². The molecule has 63 heavy (non-hydrogen) atoms. The number of thiazole rings is 1. The smallest absolute Gasteiger partial charge is 0.410 e. The molecule has 334 valence electrons. The quantitative estimate of drug-likeness (QED) is 0.114. The molecule has 1 saturated heterocycles. The van der Waals surface area contributed by atoms with Gasteiger partial charge in [0.15, 0.2) is 0 Å². The summed E-state index contributed by atoms with van der Waals surface area (Å²) in [6.45, 7) is 15.4. The van der Waals surface area contributed by atoms with Crippen LogP contribution >= 0.6 is 11.3 Å². The molecule has 8 rings (SSSR count). The Labute approximate surface area is 370 Å². The molecule has 6 aromatic rings. The van der Waals surface area contributed by atoms with Crippen LogP contribution in [-0.4, -0.2) is 83.2 Å². The second-order valence-corrected chi connectivity index (χ2v) is 18.3. The van der Waals surface area contributed by atoms with E-state index in [9.17, 15) is 14.4 Å². The molecule has 0 aliphatic carbocycles. The van der Waals surface area contributed by atoms with Crippen molar-refractivity contribution in [3.05, 3.63) is 82.3 Å². The molecule has 17 heteroatoms. The number of hydrogen-bond donors (Lipinski definition) is 3. The molecule has 2 aromatic carbocycles. The summed E-state index contributed by atoms with van der Waals surface area (Å²) in [5, 5.41) is 1.90. The Balaban J connectivity index is 0.00000113. The fourth-order valence-electron chi connectivity index (χ4n) is 7.94. The lowest BCUT2D eigenvalue weighted by Crippen LogP contribution is -2.36. The van der Waals surface area contributed by atoms with Gasteiger partial charge in [0.05, 0.1) is 70.1 Å². The lowest BCUT2D eigenvalue weighted by molar-refractivity contribution is -0.132. The van der Waals surface area contributed by atoms with Crippen LogP contribution in [0.15, 0.2) is 55.0 Å². The molecule has 0 spiro atoms. The van der Waals surface area contributed by atoms with Crippen molar-refractivity contribution in [2.45, 2.75) is 105 Å². The van der Waals surface area contributed by atoms with Crippen LogP contribution in [0, 0.1) is 11.7 Å². The average molecular weight is 882 g/mol. The number of rotatable bonds is 11. The van der Waals surface area contributed by atoms with E-state index in [1.54, 1.807) is 28.6 Å². The number of primary amides is 1. The first-order chi connectivity index (χ1) is 30.1. The second-order valence-electron chi connectivity index (χ2n) is 17.2. The van der Waals surface area contributed by atoms with Crippen molar-refractivity contribution in [2.24, 2.45) is 11.7 Å². The number of halogens is 1. The zero-order chi connectivity index (χ0) is 45.2. The van der Waals surface area contributed by atoms with Crippen LogP contribution in [0.1, 0.15) is 108 Å². The van der Waals surface area contributed by atoms with E-state index in [0.717, 1.165) is 57.7 Å². The number of aromatic amines is 2. The fraction of sp³-hybridized carbons (Fsp3) is 0.435. The molecule has 0 radical (unpaired) electrons. The van der Waals surface area contributed by atoms with Crippen LogP contribution in [-0.2, 0) is 27.2 Å². The normalized spacial score (nSPS) is 15.7. The highest BCUT2D eigenvalue weighted by atomic mass is 32.1. The Morgan fingerprint density at radius 3 is 2.46 bits per heavy atom. The van der Waals surface area contributed by atoms with Crippen molar-refractivity contribution in [2.75, 3.05) is 20.2 Å². The number of amides is 3.